The summed E-state index contributed by atoms with van der Waals surface area (Å²) in [4.78, 5) is 116. The normalized spacial score (nSPS) is 20.6. The molecule has 44 heteroatoms. The second kappa shape index (κ2) is 28.4. The number of phenolic OH excluding ortho intramolecular Hbond substituents is 23. The topological polar surface area (TPSA) is 744 Å². The Bertz CT molecular complexity index is 5320. The van der Waals surface area contributed by atoms with E-state index in [1.165, 1.54) is 0 Å². The van der Waals surface area contributed by atoms with Gasteiger partial charge in [0, 0.05) is 34.4 Å². The van der Waals surface area contributed by atoms with Crippen molar-refractivity contribution < 1.29 is 218 Å². The van der Waals surface area contributed by atoms with Crippen LogP contribution in [0.1, 0.15) is 82.9 Å². The van der Waals surface area contributed by atoms with Crippen LogP contribution in [0.4, 0.5) is 0 Å². The van der Waals surface area contributed by atoms with Gasteiger partial charge in [-0.15, -0.1) is 0 Å². The fourth-order valence-electron chi connectivity index (χ4n) is 11.8. The summed E-state index contributed by atoms with van der Waals surface area (Å²) >= 11 is 0. The van der Waals surface area contributed by atoms with E-state index < -0.39 is 333 Å². The summed E-state index contributed by atoms with van der Waals surface area (Å²) in [7, 11) is 0. The van der Waals surface area contributed by atoms with Gasteiger partial charge in [0.2, 0.25) is 53.2 Å². The summed E-state index contributed by atoms with van der Waals surface area (Å²) in [5.74, 6) is -50.7. The van der Waals surface area contributed by atoms with Gasteiger partial charge in [-0.1, -0.05) is 0 Å². The first kappa shape index (κ1) is 76.2. The summed E-state index contributed by atoms with van der Waals surface area (Å²) in [6.45, 7) is -2.82. The predicted molar refractivity (Wildman–Crippen MR) is 345 cm³/mol. The van der Waals surface area contributed by atoms with Gasteiger partial charge in [-0.25, -0.2) is 38.4 Å². The Labute approximate surface area is 616 Å². The number of hydrogen-bond acceptors (Lipinski definition) is 44. The maximum atomic E-state index is 15.6. The van der Waals surface area contributed by atoms with Crippen molar-refractivity contribution in [2.24, 2.45) is 0 Å². The van der Waals surface area contributed by atoms with E-state index in [4.69, 9.17) is 52.1 Å². The van der Waals surface area contributed by atoms with Gasteiger partial charge in [0.25, 0.3) is 0 Å². The number of rotatable bonds is 11. The fraction of sp³-hybridized carbons (Fsp3) is 0.176. The zero-order chi connectivity index (χ0) is 81.7. The van der Waals surface area contributed by atoms with Crippen LogP contribution in [0.2, 0.25) is 0 Å². The third-order valence-electron chi connectivity index (χ3n) is 17.3. The third-order valence-corrected chi connectivity index (χ3v) is 17.3. The van der Waals surface area contributed by atoms with Gasteiger partial charge in [-0.2, -0.15) is 0 Å². The Hall–Kier alpha value is -15.4. The van der Waals surface area contributed by atoms with E-state index in [1.807, 2.05) is 0 Å². The van der Waals surface area contributed by atoms with Gasteiger partial charge >= 0.3 is 47.8 Å². The van der Waals surface area contributed by atoms with E-state index in [9.17, 15) is 156 Å². The van der Waals surface area contributed by atoms with Crippen molar-refractivity contribution in [3.63, 3.8) is 0 Å². The molecule has 44 nitrogen and oxygen atoms in total. The molecule has 4 heterocycles. The number of carbonyl (C=O) groups excluding carboxylic acids is 8. The second-order valence-electron chi connectivity index (χ2n) is 24.3. The summed E-state index contributed by atoms with van der Waals surface area (Å²) in [5.41, 5.74) is -14.4. The fourth-order valence-corrected chi connectivity index (χ4v) is 11.8. The van der Waals surface area contributed by atoms with Crippen molar-refractivity contribution in [3.8, 4) is 166 Å². The molecule has 10 unspecified atom stereocenters. The minimum atomic E-state index is -2.87. The van der Waals surface area contributed by atoms with Crippen molar-refractivity contribution in [1.29, 1.82) is 0 Å². The van der Waals surface area contributed by atoms with Crippen LogP contribution >= 0.6 is 0 Å². The molecule has 0 spiro atoms. The zero-order valence-corrected chi connectivity index (χ0v) is 55.0. The van der Waals surface area contributed by atoms with Gasteiger partial charge in [0.1, 0.15) is 43.2 Å². The summed E-state index contributed by atoms with van der Waals surface area (Å²) in [6.07, 6.45) is -26.3. The maximum Gasteiger partial charge on any atom is 0.342 e. The van der Waals surface area contributed by atoms with E-state index in [-0.39, 0.29) is 18.2 Å². The van der Waals surface area contributed by atoms with E-state index in [2.05, 4.69) is 0 Å². The lowest BCUT2D eigenvalue weighted by atomic mass is 9.91. The van der Waals surface area contributed by atoms with Crippen LogP contribution < -0.4 is 4.74 Å². The molecule has 4 aliphatic heterocycles. The van der Waals surface area contributed by atoms with Gasteiger partial charge < -0.3 is 180 Å². The first-order valence-corrected chi connectivity index (χ1v) is 31.1. The molecule has 8 aromatic rings. The van der Waals surface area contributed by atoms with Crippen molar-refractivity contribution in [1.82, 2.24) is 0 Å². The average Bonchev–Trinajstić information content (AvgIpc) is 0.933. The molecule has 112 heavy (non-hydrogen) atoms. The molecular weight excluding hydrogens is 1520 g/mol. The smallest absolute Gasteiger partial charge is 0.342 e. The molecular formula is C68H50O44. The monoisotopic (exact) mass is 1570 g/mol. The van der Waals surface area contributed by atoms with Crippen LogP contribution in [0.5, 0.6) is 144 Å². The highest BCUT2D eigenvalue weighted by Crippen LogP contribution is 2.58. The van der Waals surface area contributed by atoms with Crippen LogP contribution in [0.25, 0.3) is 22.3 Å². The Morgan fingerprint density at radius 2 is 0.714 bits per heavy atom. The quantitative estimate of drug-likeness (QED) is 0.0498. The SMILES string of the molecule is O=C(OCC1OC(OC(=O)c2cc(O)c(O)c(O)c2)C(O)C(O)C1OC(=O)c1cc(O)c(O)c(O)c1Oc1cc2c(c(O)c1O)-c1c(cc(O)c(O)c1O)C(=O)OC1C(OC(=O)c3cc(O)c(O)c(O)c3)OC3COC(=O)c4cc(O)c(O)c(O)c4-c4c(cc(O)c(O)c4O)C(=O)OC3C1OC2=O)c1cc(O)c(O)c(O)c1. The van der Waals surface area contributed by atoms with Gasteiger partial charge in [0.15, 0.2) is 128 Å². The van der Waals surface area contributed by atoms with Gasteiger partial charge in [0.05, 0.1) is 38.9 Å². The summed E-state index contributed by atoms with van der Waals surface area (Å²) in [5, 5.41) is 271. The number of aromatic hydroxyl groups is 23. The molecule has 4 aliphatic rings. The molecule has 0 aromatic heterocycles. The highest BCUT2D eigenvalue weighted by molar-refractivity contribution is 6.10. The molecule has 8 aromatic carbocycles. The lowest BCUT2D eigenvalue weighted by Crippen LogP contribution is -2.63. The lowest BCUT2D eigenvalue weighted by Gasteiger charge is -2.44. The molecule has 0 bridgehead atoms. The highest BCUT2D eigenvalue weighted by Gasteiger charge is 2.57. The number of hydrogen-bond donors (Lipinski definition) is 25. The lowest BCUT2D eigenvalue weighted by molar-refractivity contribution is -0.284. The van der Waals surface area contributed by atoms with E-state index in [0.717, 1.165) is 0 Å². The Morgan fingerprint density at radius 1 is 0.348 bits per heavy atom. The molecule has 12 rings (SSSR count). The molecule has 0 radical (unpaired) electrons. The predicted octanol–water partition coefficient (Wildman–Crippen LogP) is 1.77. The summed E-state index contributed by atoms with van der Waals surface area (Å²) < 4.78 is 61.4. The Kier molecular flexibility index (Phi) is 19.3. The van der Waals surface area contributed by atoms with Crippen LogP contribution in [-0.2, 0) is 47.4 Å². The average molecular weight is 1570 g/mol. The van der Waals surface area contributed by atoms with Crippen molar-refractivity contribution in [2.75, 3.05) is 13.2 Å². The molecule has 0 amide bonds. The summed E-state index contributed by atoms with van der Waals surface area (Å²) in [6, 6.07) is 4.39. The van der Waals surface area contributed by atoms with E-state index >= 15 is 9.59 Å². The number of phenols is 23. The largest absolute Gasteiger partial charge is 0.504 e. The number of cyclic esters (lactones) is 1. The number of aliphatic hydroxyl groups is 2. The zero-order valence-electron chi connectivity index (χ0n) is 55.0. The van der Waals surface area contributed by atoms with Crippen molar-refractivity contribution in [2.45, 2.75) is 61.4 Å². The van der Waals surface area contributed by atoms with Gasteiger partial charge in [-0.05, 0) is 54.6 Å². The maximum absolute atomic E-state index is 15.6. The number of benzene rings is 8. The Balaban J connectivity index is 0.978. The molecule has 10 atom stereocenters. The molecule has 2 saturated heterocycles. The molecule has 2 fully saturated rings. The first-order chi connectivity index (χ1) is 52.7. The standard InChI is InChI=1S/C68H50O44/c69-22-1-14(2-23(70)39(22)79)59(94)102-12-33-55(52(92)53(93)67(105-33)111-60(95)15-3-24(71)40(80)25(72)4-15)107-66(101)21-10-31(78)45(85)51(91)54(21)104-32-11-20-38(50(90)46(32)86)37-19(9-30(77)44(84)49(37)89)64(99)110-58-57(109-65(20)100)56-34(106-68(58)112-61(96)16-5-26(73)41(81)27(74)6-16)13-103-62(97)17-7-28(75)42(82)47(87)35(17)36-18(63(98)108-56)8-29(76)43(83)48(36)88/h1-11,33-34,52-53,55-58,67-93H,12-13H2. The number of esters is 8. The highest BCUT2D eigenvalue weighted by atomic mass is 16.8. The minimum Gasteiger partial charge on any atom is -0.504 e. The number of ether oxygens (including phenoxy) is 11. The Morgan fingerprint density at radius 3 is 1.17 bits per heavy atom. The van der Waals surface area contributed by atoms with Crippen LogP contribution in [0.15, 0.2) is 66.7 Å². The third kappa shape index (κ3) is 13.2. The number of carbonyl (C=O) groups is 8. The van der Waals surface area contributed by atoms with Crippen LogP contribution in [0, 0.1) is 0 Å². The molecule has 25 N–H and O–H groups in total. The second-order valence-corrected chi connectivity index (χ2v) is 24.3. The van der Waals surface area contributed by atoms with Crippen LogP contribution in [-0.4, -0.2) is 250 Å². The first-order valence-electron chi connectivity index (χ1n) is 31.1. The molecule has 586 valence electrons. The van der Waals surface area contributed by atoms with Crippen molar-refractivity contribution in [3.05, 3.63) is 111 Å². The van der Waals surface area contributed by atoms with Crippen molar-refractivity contribution >= 4 is 47.8 Å². The number of fused-ring (bicyclic) bond motifs is 9. The minimum absolute atomic E-state index is 0.182. The van der Waals surface area contributed by atoms with Gasteiger partial charge in [-0.3, -0.25) is 0 Å². The van der Waals surface area contributed by atoms with E-state index in [0.29, 0.717) is 48.5 Å². The molecule has 0 saturated carbocycles. The molecule has 0 aliphatic carbocycles. The van der Waals surface area contributed by atoms with E-state index in [1.54, 1.807) is 0 Å². The van der Waals surface area contributed by atoms with Crippen LogP contribution in [0.3, 0.4) is 0 Å². The number of aliphatic hydroxyl groups excluding tert-OH is 2.